The average Bonchev–Trinajstić information content (AvgIpc) is 3.19. The first-order valence-electron chi connectivity index (χ1n) is 11.7. The third kappa shape index (κ3) is 5.51. The molecule has 0 aliphatic heterocycles. The zero-order valence-corrected chi connectivity index (χ0v) is 19.5. The van der Waals surface area contributed by atoms with E-state index < -0.39 is 12.1 Å². The van der Waals surface area contributed by atoms with Crippen molar-refractivity contribution in [3.8, 4) is 11.1 Å². The molecule has 0 radical (unpaired) electrons. The minimum atomic E-state index is -0.900. The summed E-state index contributed by atoms with van der Waals surface area (Å²) in [6, 6.07) is 22.8. The monoisotopic (exact) mass is 472 g/mol. The van der Waals surface area contributed by atoms with Gasteiger partial charge in [0, 0.05) is 18.9 Å². The van der Waals surface area contributed by atoms with Crippen LogP contribution in [0.1, 0.15) is 47.2 Å². The Labute approximate surface area is 204 Å². The van der Waals surface area contributed by atoms with Crippen LogP contribution in [0, 0.1) is 5.92 Å². The van der Waals surface area contributed by atoms with Gasteiger partial charge in [0.2, 0.25) is 0 Å². The SMILES string of the molecule is CCC(CNC(=O)c1ccccc1NC(=O)OCC1c2ccccc2-c2ccccc21)CC(=O)O. The zero-order valence-electron chi connectivity index (χ0n) is 19.5. The van der Waals surface area contributed by atoms with Gasteiger partial charge in [-0.3, -0.25) is 14.9 Å². The second kappa shape index (κ2) is 10.9. The summed E-state index contributed by atoms with van der Waals surface area (Å²) in [4.78, 5) is 36.4. The predicted molar refractivity (Wildman–Crippen MR) is 134 cm³/mol. The lowest BCUT2D eigenvalue weighted by atomic mass is 9.98. The molecule has 1 unspecified atom stereocenters. The van der Waals surface area contributed by atoms with Gasteiger partial charge in [0.25, 0.3) is 5.91 Å². The predicted octanol–water partition coefficient (Wildman–Crippen LogP) is 5.28. The maximum absolute atomic E-state index is 12.7. The summed E-state index contributed by atoms with van der Waals surface area (Å²) >= 11 is 0. The molecular weight excluding hydrogens is 444 g/mol. The Morgan fingerprint density at radius 1 is 0.914 bits per heavy atom. The number of hydrogen-bond donors (Lipinski definition) is 3. The molecule has 0 bridgehead atoms. The van der Waals surface area contributed by atoms with Crippen LogP contribution in [-0.4, -0.2) is 36.2 Å². The van der Waals surface area contributed by atoms with Crippen molar-refractivity contribution in [1.82, 2.24) is 5.32 Å². The van der Waals surface area contributed by atoms with Crippen molar-refractivity contribution in [3.63, 3.8) is 0 Å². The number of amides is 2. The van der Waals surface area contributed by atoms with Crippen LogP contribution in [-0.2, 0) is 9.53 Å². The smallest absolute Gasteiger partial charge is 0.411 e. The topological polar surface area (TPSA) is 105 Å². The summed E-state index contributed by atoms with van der Waals surface area (Å²) in [5.74, 6) is -1.52. The lowest BCUT2D eigenvalue weighted by Crippen LogP contribution is -2.31. The highest BCUT2D eigenvalue weighted by atomic mass is 16.5. The zero-order chi connectivity index (χ0) is 24.8. The van der Waals surface area contributed by atoms with E-state index in [0.29, 0.717) is 12.1 Å². The number of carboxylic acids is 1. The summed E-state index contributed by atoms with van der Waals surface area (Å²) in [5.41, 5.74) is 5.14. The van der Waals surface area contributed by atoms with Gasteiger partial charge in [-0.1, -0.05) is 74.0 Å². The van der Waals surface area contributed by atoms with Gasteiger partial charge in [0.05, 0.1) is 11.3 Å². The van der Waals surface area contributed by atoms with Crippen LogP contribution in [0.4, 0.5) is 10.5 Å². The Kier molecular flexibility index (Phi) is 7.45. The number of para-hydroxylation sites is 1. The molecule has 3 aromatic carbocycles. The van der Waals surface area contributed by atoms with Crippen molar-refractivity contribution in [1.29, 1.82) is 0 Å². The molecule has 4 rings (SSSR count). The van der Waals surface area contributed by atoms with Crippen molar-refractivity contribution in [2.24, 2.45) is 5.92 Å². The molecule has 0 fully saturated rings. The number of carbonyl (C=O) groups excluding carboxylic acids is 2. The van der Waals surface area contributed by atoms with Gasteiger partial charge >= 0.3 is 12.1 Å². The largest absolute Gasteiger partial charge is 0.481 e. The number of carbonyl (C=O) groups is 3. The third-order valence-electron chi connectivity index (χ3n) is 6.34. The molecule has 7 nitrogen and oxygen atoms in total. The van der Waals surface area contributed by atoms with Gasteiger partial charge < -0.3 is 15.2 Å². The van der Waals surface area contributed by atoms with E-state index in [1.54, 1.807) is 24.3 Å². The summed E-state index contributed by atoms with van der Waals surface area (Å²) < 4.78 is 5.59. The van der Waals surface area contributed by atoms with Gasteiger partial charge in [-0.15, -0.1) is 0 Å². The molecule has 180 valence electrons. The molecule has 0 saturated heterocycles. The first-order chi connectivity index (χ1) is 17.0. The molecule has 0 saturated carbocycles. The number of anilines is 1. The minimum absolute atomic E-state index is 0.0174. The molecule has 3 N–H and O–H groups in total. The van der Waals surface area contributed by atoms with E-state index in [2.05, 4.69) is 34.9 Å². The Hall–Kier alpha value is -4.13. The van der Waals surface area contributed by atoms with E-state index in [-0.39, 0.29) is 42.9 Å². The van der Waals surface area contributed by atoms with Gasteiger partial charge in [-0.05, 0) is 40.3 Å². The maximum atomic E-state index is 12.7. The molecule has 2 amide bonds. The van der Waals surface area contributed by atoms with Crippen LogP contribution >= 0.6 is 0 Å². The number of rotatable bonds is 9. The highest BCUT2D eigenvalue weighted by molar-refractivity contribution is 6.02. The molecule has 1 atom stereocenters. The van der Waals surface area contributed by atoms with Crippen LogP contribution in [0.3, 0.4) is 0 Å². The number of benzene rings is 3. The minimum Gasteiger partial charge on any atom is -0.481 e. The number of hydrogen-bond acceptors (Lipinski definition) is 4. The average molecular weight is 473 g/mol. The van der Waals surface area contributed by atoms with E-state index in [1.165, 1.54) is 0 Å². The lowest BCUT2D eigenvalue weighted by molar-refractivity contribution is -0.138. The molecule has 1 aliphatic rings. The van der Waals surface area contributed by atoms with Crippen LogP contribution < -0.4 is 10.6 Å². The lowest BCUT2D eigenvalue weighted by Gasteiger charge is -2.16. The van der Waals surface area contributed by atoms with E-state index >= 15 is 0 Å². The van der Waals surface area contributed by atoms with E-state index in [0.717, 1.165) is 22.3 Å². The second-order valence-electron chi connectivity index (χ2n) is 8.58. The van der Waals surface area contributed by atoms with Crippen LogP contribution in [0.5, 0.6) is 0 Å². The third-order valence-corrected chi connectivity index (χ3v) is 6.34. The summed E-state index contributed by atoms with van der Waals surface area (Å²) in [6.45, 7) is 2.29. The van der Waals surface area contributed by atoms with Crippen LogP contribution in [0.25, 0.3) is 11.1 Å². The van der Waals surface area contributed by atoms with Crippen molar-refractivity contribution in [3.05, 3.63) is 89.5 Å². The number of ether oxygens (including phenoxy) is 1. The molecule has 0 spiro atoms. The maximum Gasteiger partial charge on any atom is 0.411 e. The summed E-state index contributed by atoms with van der Waals surface area (Å²) in [7, 11) is 0. The summed E-state index contributed by atoms with van der Waals surface area (Å²) in [5, 5.41) is 14.5. The second-order valence-corrected chi connectivity index (χ2v) is 8.58. The van der Waals surface area contributed by atoms with Crippen LogP contribution in [0.15, 0.2) is 72.8 Å². The molecule has 1 aliphatic carbocycles. The first kappa shape index (κ1) is 24.0. The Morgan fingerprint density at radius 3 is 2.14 bits per heavy atom. The van der Waals surface area contributed by atoms with Crippen molar-refractivity contribution in [2.45, 2.75) is 25.7 Å². The normalized spacial score (nSPS) is 12.8. The van der Waals surface area contributed by atoms with Gasteiger partial charge in [-0.2, -0.15) is 0 Å². The standard InChI is InChI=1S/C28H28N2O5/c1-2-18(15-26(31)32)16-29-27(33)23-13-7-8-14-25(23)30-28(34)35-17-24-21-11-5-3-9-19(21)20-10-4-6-12-22(20)24/h3-14,18,24H,2,15-17H2,1H3,(H,29,33)(H,30,34)(H,31,32). The highest BCUT2D eigenvalue weighted by Crippen LogP contribution is 2.44. The van der Waals surface area contributed by atoms with Crippen molar-refractivity contribution >= 4 is 23.7 Å². The van der Waals surface area contributed by atoms with Gasteiger partial charge in [0.15, 0.2) is 0 Å². The Balaban J connectivity index is 1.40. The number of aliphatic carboxylic acids is 1. The molecule has 0 heterocycles. The first-order valence-corrected chi connectivity index (χ1v) is 11.7. The summed E-state index contributed by atoms with van der Waals surface area (Å²) in [6.07, 6.45) is -0.0349. The number of nitrogens with one attached hydrogen (secondary N) is 2. The van der Waals surface area contributed by atoms with E-state index in [9.17, 15) is 14.4 Å². The number of carboxylic acid groups (broad SMARTS) is 1. The fourth-order valence-electron chi connectivity index (χ4n) is 4.47. The Morgan fingerprint density at radius 2 is 1.51 bits per heavy atom. The van der Waals surface area contributed by atoms with E-state index in [4.69, 9.17) is 9.84 Å². The van der Waals surface area contributed by atoms with Crippen LogP contribution in [0.2, 0.25) is 0 Å². The van der Waals surface area contributed by atoms with Gasteiger partial charge in [0.1, 0.15) is 6.61 Å². The van der Waals surface area contributed by atoms with Crippen molar-refractivity contribution in [2.75, 3.05) is 18.5 Å². The molecule has 3 aromatic rings. The fourth-order valence-corrected chi connectivity index (χ4v) is 4.47. The van der Waals surface area contributed by atoms with Gasteiger partial charge in [-0.25, -0.2) is 4.79 Å². The number of fused-ring (bicyclic) bond motifs is 3. The quantitative estimate of drug-likeness (QED) is 0.393. The highest BCUT2D eigenvalue weighted by Gasteiger charge is 2.29. The fraction of sp³-hybridized carbons (Fsp3) is 0.250. The molecule has 35 heavy (non-hydrogen) atoms. The Bertz CT molecular complexity index is 1190. The molecular formula is C28H28N2O5. The molecule has 0 aromatic heterocycles. The van der Waals surface area contributed by atoms with E-state index in [1.807, 2.05) is 31.2 Å². The molecule has 7 heteroatoms. The van der Waals surface area contributed by atoms with Crippen molar-refractivity contribution < 1.29 is 24.2 Å².